The van der Waals surface area contributed by atoms with E-state index in [1.807, 2.05) is 0 Å². The van der Waals surface area contributed by atoms with Crippen molar-refractivity contribution in [3.05, 3.63) is 64.7 Å². The maximum Gasteiger partial charge on any atom is 0.258 e. The first-order valence-corrected chi connectivity index (χ1v) is 6.27. The zero-order valence-corrected chi connectivity index (χ0v) is 11.5. The normalized spacial score (nSPS) is 10.3. The van der Waals surface area contributed by atoms with Crippen LogP contribution >= 0.6 is 0 Å². The number of hydrogen-bond donors (Lipinski definition) is 1. The Balaban J connectivity index is 2.35. The summed E-state index contributed by atoms with van der Waals surface area (Å²) in [5.74, 6) is -2.62. The van der Waals surface area contributed by atoms with E-state index in [0.717, 1.165) is 6.07 Å². The molecule has 0 aliphatic carbocycles. The van der Waals surface area contributed by atoms with Gasteiger partial charge in [0.25, 0.3) is 5.91 Å². The van der Waals surface area contributed by atoms with Crippen molar-refractivity contribution in [3.8, 4) is 0 Å². The second-order valence-electron chi connectivity index (χ2n) is 4.64. The molecule has 0 aliphatic heterocycles. The van der Waals surface area contributed by atoms with Crippen LogP contribution in [-0.4, -0.2) is 11.7 Å². The van der Waals surface area contributed by atoms with Crippen molar-refractivity contribution >= 4 is 17.4 Å². The fourth-order valence-electron chi connectivity index (χ4n) is 1.92. The van der Waals surface area contributed by atoms with Crippen LogP contribution in [0.4, 0.5) is 14.5 Å². The zero-order valence-electron chi connectivity index (χ0n) is 11.5. The maximum absolute atomic E-state index is 13.7. The Morgan fingerprint density at radius 3 is 2.33 bits per heavy atom. The number of benzene rings is 2. The molecule has 5 heteroatoms. The van der Waals surface area contributed by atoms with Gasteiger partial charge in [-0.3, -0.25) is 9.59 Å². The third kappa shape index (κ3) is 3.13. The number of halogens is 2. The molecule has 1 amide bonds. The van der Waals surface area contributed by atoms with Gasteiger partial charge in [0, 0.05) is 11.6 Å². The number of aryl methyl sites for hydroxylation is 1. The minimum Gasteiger partial charge on any atom is -0.321 e. The highest BCUT2D eigenvalue weighted by atomic mass is 19.1. The molecule has 1 N–H and O–H groups in total. The molecule has 0 heterocycles. The van der Waals surface area contributed by atoms with Gasteiger partial charge in [-0.05, 0) is 37.6 Å². The molecule has 0 aromatic heterocycles. The first-order chi connectivity index (χ1) is 9.90. The van der Waals surface area contributed by atoms with Crippen molar-refractivity contribution in [2.24, 2.45) is 0 Å². The molecule has 0 atom stereocenters. The van der Waals surface area contributed by atoms with Crippen molar-refractivity contribution in [1.82, 2.24) is 0 Å². The van der Waals surface area contributed by atoms with Gasteiger partial charge < -0.3 is 5.32 Å². The van der Waals surface area contributed by atoms with E-state index in [-0.39, 0.29) is 22.6 Å². The Hall–Kier alpha value is -2.56. The van der Waals surface area contributed by atoms with Crippen LogP contribution in [0.5, 0.6) is 0 Å². The van der Waals surface area contributed by atoms with Crippen molar-refractivity contribution in [2.45, 2.75) is 13.8 Å². The monoisotopic (exact) mass is 289 g/mol. The Bertz CT molecular complexity index is 726. The summed E-state index contributed by atoms with van der Waals surface area (Å²) in [5, 5.41) is 2.47. The van der Waals surface area contributed by atoms with Gasteiger partial charge in [-0.2, -0.15) is 0 Å². The molecule has 0 bridgehead atoms. The van der Waals surface area contributed by atoms with Crippen LogP contribution in [0.1, 0.15) is 33.2 Å². The molecule has 0 unspecified atom stereocenters. The Labute approximate surface area is 120 Å². The number of amides is 1. The number of nitrogens with one attached hydrogen (secondary N) is 1. The van der Waals surface area contributed by atoms with E-state index in [0.29, 0.717) is 11.6 Å². The van der Waals surface area contributed by atoms with Crippen molar-refractivity contribution in [2.75, 3.05) is 5.32 Å². The lowest BCUT2D eigenvalue weighted by Gasteiger charge is -2.10. The number of ketones is 1. The summed E-state index contributed by atoms with van der Waals surface area (Å²) in [5.41, 5.74) is 0.509. The predicted molar refractivity (Wildman–Crippen MR) is 75.5 cm³/mol. The van der Waals surface area contributed by atoms with E-state index >= 15 is 0 Å². The fraction of sp³-hybridized carbons (Fsp3) is 0.125. The highest BCUT2D eigenvalue weighted by Gasteiger charge is 2.16. The number of anilines is 1. The Kier molecular flexibility index (Phi) is 4.12. The molecule has 0 radical (unpaired) electrons. The van der Waals surface area contributed by atoms with E-state index in [4.69, 9.17) is 0 Å². The van der Waals surface area contributed by atoms with Gasteiger partial charge in [0.2, 0.25) is 0 Å². The van der Waals surface area contributed by atoms with Crippen molar-refractivity contribution < 1.29 is 18.4 Å². The second kappa shape index (κ2) is 5.83. The molecular weight excluding hydrogens is 276 g/mol. The zero-order chi connectivity index (χ0) is 15.6. The van der Waals surface area contributed by atoms with Crippen LogP contribution in [0, 0.1) is 18.6 Å². The highest BCUT2D eigenvalue weighted by Crippen LogP contribution is 2.19. The second-order valence-corrected chi connectivity index (χ2v) is 4.64. The minimum absolute atomic E-state index is 0.168. The van der Waals surface area contributed by atoms with E-state index < -0.39 is 17.5 Å². The lowest BCUT2D eigenvalue weighted by atomic mass is 10.1. The first-order valence-electron chi connectivity index (χ1n) is 6.27. The quantitative estimate of drug-likeness (QED) is 0.875. The van der Waals surface area contributed by atoms with E-state index in [2.05, 4.69) is 5.32 Å². The molecule has 0 saturated heterocycles. The molecule has 0 fully saturated rings. The van der Waals surface area contributed by atoms with Gasteiger partial charge in [0.05, 0.1) is 11.3 Å². The van der Waals surface area contributed by atoms with Gasteiger partial charge >= 0.3 is 0 Å². The molecule has 2 rings (SSSR count). The van der Waals surface area contributed by atoms with E-state index in [1.54, 1.807) is 24.3 Å². The topological polar surface area (TPSA) is 46.2 Å². The van der Waals surface area contributed by atoms with Gasteiger partial charge in [-0.25, -0.2) is 8.78 Å². The average molecular weight is 289 g/mol. The number of Topliss-reactive ketones (excluding diaryl/α,β-unsaturated/α-hetero) is 1. The number of carbonyl (C=O) groups is 2. The lowest BCUT2D eigenvalue weighted by molar-refractivity contribution is 0.101. The molecule has 2 aromatic rings. The van der Waals surface area contributed by atoms with Crippen LogP contribution in [0.25, 0.3) is 0 Å². The van der Waals surface area contributed by atoms with E-state index in [9.17, 15) is 18.4 Å². The van der Waals surface area contributed by atoms with Gasteiger partial charge in [0.1, 0.15) is 11.6 Å². The van der Waals surface area contributed by atoms with Crippen LogP contribution in [0.15, 0.2) is 36.4 Å². The fourth-order valence-corrected chi connectivity index (χ4v) is 1.92. The summed E-state index contributed by atoms with van der Waals surface area (Å²) < 4.78 is 26.9. The molecule has 108 valence electrons. The SMILES string of the molecule is CC(=O)c1ccccc1NC(=O)c1cc(C)c(F)cc1F. The summed E-state index contributed by atoms with van der Waals surface area (Å²) in [4.78, 5) is 23.6. The molecular formula is C16H13F2NO2. The Morgan fingerprint density at radius 1 is 1.00 bits per heavy atom. The summed E-state index contributed by atoms with van der Waals surface area (Å²) in [6.45, 7) is 2.81. The van der Waals surface area contributed by atoms with Gasteiger partial charge in [-0.15, -0.1) is 0 Å². The number of carbonyl (C=O) groups excluding carboxylic acids is 2. The number of para-hydroxylation sites is 1. The summed E-state index contributed by atoms with van der Waals surface area (Å²) >= 11 is 0. The molecule has 0 saturated carbocycles. The minimum atomic E-state index is -0.948. The van der Waals surface area contributed by atoms with Crippen molar-refractivity contribution in [1.29, 1.82) is 0 Å². The molecule has 21 heavy (non-hydrogen) atoms. The third-order valence-electron chi connectivity index (χ3n) is 3.05. The summed E-state index contributed by atoms with van der Waals surface area (Å²) in [6.07, 6.45) is 0. The number of hydrogen-bond acceptors (Lipinski definition) is 2. The number of rotatable bonds is 3. The van der Waals surface area contributed by atoms with Gasteiger partial charge in [-0.1, -0.05) is 12.1 Å². The Morgan fingerprint density at radius 2 is 1.67 bits per heavy atom. The predicted octanol–water partition coefficient (Wildman–Crippen LogP) is 3.73. The third-order valence-corrected chi connectivity index (χ3v) is 3.05. The summed E-state index contributed by atoms with van der Waals surface area (Å²) in [6, 6.07) is 8.22. The average Bonchev–Trinajstić information content (AvgIpc) is 2.43. The highest BCUT2D eigenvalue weighted by molar-refractivity contribution is 6.09. The molecule has 3 nitrogen and oxygen atoms in total. The smallest absolute Gasteiger partial charge is 0.258 e. The van der Waals surface area contributed by atoms with Crippen LogP contribution in [-0.2, 0) is 0 Å². The molecule has 0 aliphatic rings. The van der Waals surface area contributed by atoms with Crippen LogP contribution in [0.2, 0.25) is 0 Å². The van der Waals surface area contributed by atoms with Crippen molar-refractivity contribution in [3.63, 3.8) is 0 Å². The van der Waals surface area contributed by atoms with E-state index in [1.165, 1.54) is 13.8 Å². The first kappa shape index (κ1) is 14.8. The summed E-state index contributed by atoms with van der Waals surface area (Å²) in [7, 11) is 0. The van der Waals surface area contributed by atoms with Crippen LogP contribution in [0.3, 0.4) is 0 Å². The largest absolute Gasteiger partial charge is 0.321 e. The lowest BCUT2D eigenvalue weighted by Crippen LogP contribution is -2.16. The molecule has 0 spiro atoms. The molecule has 2 aromatic carbocycles. The maximum atomic E-state index is 13.7. The van der Waals surface area contributed by atoms with Crippen LogP contribution < -0.4 is 5.32 Å². The van der Waals surface area contributed by atoms with Gasteiger partial charge in [0.15, 0.2) is 5.78 Å². The standard InChI is InChI=1S/C16H13F2NO2/c1-9-7-12(14(18)8-13(9)17)16(21)19-15-6-4-3-5-11(15)10(2)20/h3-8H,1-2H3,(H,19,21).